The molecule has 1 aromatic heterocycles. The number of phenols is 1. The third-order valence-electron chi connectivity index (χ3n) is 4.95. The first-order valence-electron chi connectivity index (χ1n) is 9.36. The number of aliphatic hydroxyl groups excluding tert-OH is 3. The SMILES string of the molecule is COc1cc(/C=C/C(=O)C(O)[C@H]2O[C@@H](n3ccc(=O)[nH]c3=O)[C@H](O)[C@@H]2O)cc(OC)c1O. The number of rotatable bonds is 7. The van der Waals surface area contributed by atoms with Crippen LogP contribution in [0.4, 0.5) is 0 Å². The summed E-state index contributed by atoms with van der Waals surface area (Å²) in [7, 11) is 2.68. The third kappa shape index (κ3) is 4.43. The Kier molecular flexibility index (Phi) is 6.79. The van der Waals surface area contributed by atoms with E-state index in [1.807, 2.05) is 4.98 Å². The summed E-state index contributed by atoms with van der Waals surface area (Å²) in [6.07, 6.45) is -4.81. The van der Waals surface area contributed by atoms with Crippen LogP contribution < -0.4 is 20.7 Å². The van der Waals surface area contributed by atoms with Crippen LogP contribution in [-0.2, 0) is 9.53 Å². The van der Waals surface area contributed by atoms with Crippen LogP contribution in [0, 0.1) is 0 Å². The molecule has 1 fully saturated rings. The molecule has 1 saturated heterocycles. The average Bonchev–Trinajstić information content (AvgIpc) is 3.06. The standard InChI is InChI=1S/C20H22N2O10/c1-30-11-7-9(8-12(31-2)15(11)26)3-4-10(23)14(25)18-16(27)17(28)19(32-18)22-6-5-13(24)21-20(22)29/h3-8,14,16-19,25-28H,1-2H3,(H,21,24,29)/b4-3+/t14?,16-,17+,18+,19+/m0/s1. The Hall–Kier alpha value is -3.45. The maximum absolute atomic E-state index is 12.4. The molecule has 5 N–H and O–H groups in total. The van der Waals surface area contributed by atoms with E-state index >= 15 is 0 Å². The molecule has 0 saturated carbocycles. The summed E-state index contributed by atoms with van der Waals surface area (Å²) in [6, 6.07) is 3.87. The number of hydrogen-bond acceptors (Lipinski definition) is 10. The minimum absolute atomic E-state index is 0.101. The number of aromatic amines is 1. The number of hydrogen-bond donors (Lipinski definition) is 5. The Bertz CT molecular complexity index is 1110. The molecule has 12 heteroatoms. The normalized spacial score (nSPS) is 23.9. The number of aromatic hydroxyl groups is 1. The van der Waals surface area contributed by atoms with Gasteiger partial charge in [0.05, 0.1) is 14.2 Å². The molecule has 3 rings (SSSR count). The van der Waals surface area contributed by atoms with Gasteiger partial charge in [-0.3, -0.25) is 19.1 Å². The van der Waals surface area contributed by atoms with Crippen molar-refractivity contribution in [2.24, 2.45) is 0 Å². The fourth-order valence-corrected chi connectivity index (χ4v) is 3.25. The van der Waals surface area contributed by atoms with Crippen LogP contribution in [0.5, 0.6) is 17.2 Å². The number of ether oxygens (including phenoxy) is 3. The maximum Gasteiger partial charge on any atom is 0.330 e. The first-order chi connectivity index (χ1) is 15.2. The highest BCUT2D eigenvalue weighted by Gasteiger charge is 2.48. The minimum atomic E-state index is -1.87. The summed E-state index contributed by atoms with van der Waals surface area (Å²) in [4.78, 5) is 37.6. The van der Waals surface area contributed by atoms with Gasteiger partial charge in [-0.1, -0.05) is 6.08 Å². The van der Waals surface area contributed by atoms with E-state index in [2.05, 4.69) is 0 Å². The second-order valence-electron chi connectivity index (χ2n) is 6.94. The van der Waals surface area contributed by atoms with Gasteiger partial charge in [0.1, 0.15) is 24.4 Å². The number of phenolic OH excluding ortho intramolecular Hbond substituents is 1. The van der Waals surface area contributed by atoms with Gasteiger partial charge in [-0.15, -0.1) is 0 Å². The number of H-pyrrole nitrogens is 1. The third-order valence-corrected chi connectivity index (χ3v) is 4.95. The summed E-state index contributed by atoms with van der Waals surface area (Å²) >= 11 is 0. The Morgan fingerprint density at radius 3 is 2.38 bits per heavy atom. The molecular weight excluding hydrogens is 428 g/mol. The molecular formula is C20H22N2O10. The fraction of sp³-hybridized carbons (Fsp3) is 0.350. The Morgan fingerprint density at radius 2 is 1.81 bits per heavy atom. The molecule has 0 bridgehead atoms. The quantitative estimate of drug-likeness (QED) is 0.312. The van der Waals surface area contributed by atoms with Crippen molar-refractivity contribution in [2.75, 3.05) is 14.2 Å². The van der Waals surface area contributed by atoms with Crippen molar-refractivity contribution >= 4 is 11.9 Å². The van der Waals surface area contributed by atoms with Crippen molar-refractivity contribution in [3.63, 3.8) is 0 Å². The molecule has 0 radical (unpaired) electrons. The number of ketones is 1. The average molecular weight is 450 g/mol. The number of carbonyl (C=O) groups is 1. The van der Waals surface area contributed by atoms with Crippen molar-refractivity contribution in [2.45, 2.75) is 30.6 Å². The highest BCUT2D eigenvalue weighted by molar-refractivity contribution is 5.97. The number of benzene rings is 1. The first-order valence-corrected chi connectivity index (χ1v) is 9.36. The molecule has 0 aliphatic carbocycles. The zero-order valence-corrected chi connectivity index (χ0v) is 17.0. The van der Waals surface area contributed by atoms with E-state index in [4.69, 9.17) is 14.2 Å². The fourth-order valence-electron chi connectivity index (χ4n) is 3.25. The van der Waals surface area contributed by atoms with Gasteiger partial charge in [-0.05, 0) is 23.8 Å². The number of aromatic nitrogens is 2. The van der Waals surface area contributed by atoms with E-state index in [0.717, 1.165) is 22.9 Å². The van der Waals surface area contributed by atoms with E-state index in [-0.39, 0.29) is 17.2 Å². The molecule has 12 nitrogen and oxygen atoms in total. The Labute approximate surface area is 180 Å². The highest BCUT2D eigenvalue weighted by Crippen LogP contribution is 2.37. The molecule has 2 aromatic rings. The van der Waals surface area contributed by atoms with E-state index in [0.29, 0.717) is 5.56 Å². The molecule has 1 aliphatic heterocycles. The van der Waals surface area contributed by atoms with Crippen molar-refractivity contribution in [1.29, 1.82) is 0 Å². The molecule has 1 aromatic carbocycles. The molecule has 5 atom stereocenters. The van der Waals surface area contributed by atoms with Gasteiger partial charge in [-0.2, -0.15) is 0 Å². The Balaban J connectivity index is 1.78. The zero-order valence-electron chi connectivity index (χ0n) is 17.0. The second-order valence-corrected chi connectivity index (χ2v) is 6.94. The van der Waals surface area contributed by atoms with Gasteiger partial charge in [0, 0.05) is 12.3 Å². The van der Waals surface area contributed by atoms with Crippen molar-refractivity contribution < 1.29 is 39.4 Å². The zero-order chi connectivity index (χ0) is 23.6. The lowest BCUT2D eigenvalue weighted by molar-refractivity contribution is -0.136. The van der Waals surface area contributed by atoms with Crippen LogP contribution in [0.3, 0.4) is 0 Å². The number of aliphatic hydroxyl groups is 3. The molecule has 172 valence electrons. The molecule has 32 heavy (non-hydrogen) atoms. The second kappa shape index (κ2) is 9.36. The van der Waals surface area contributed by atoms with Crippen LogP contribution in [0.1, 0.15) is 11.8 Å². The lowest BCUT2D eigenvalue weighted by Crippen LogP contribution is -2.42. The summed E-state index contributed by atoms with van der Waals surface area (Å²) in [6.45, 7) is 0. The van der Waals surface area contributed by atoms with Gasteiger partial charge in [0.15, 0.2) is 23.5 Å². The summed E-state index contributed by atoms with van der Waals surface area (Å²) in [5.41, 5.74) is -1.16. The predicted molar refractivity (Wildman–Crippen MR) is 109 cm³/mol. The molecule has 1 aliphatic rings. The minimum Gasteiger partial charge on any atom is -0.502 e. The molecule has 0 amide bonds. The van der Waals surface area contributed by atoms with Crippen LogP contribution in [0.2, 0.25) is 0 Å². The van der Waals surface area contributed by atoms with Crippen molar-refractivity contribution in [1.82, 2.24) is 9.55 Å². The molecule has 1 unspecified atom stereocenters. The lowest BCUT2D eigenvalue weighted by Gasteiger charge is -2.19. The number of methoxy groups -OCH3 is 2. The van der Waals surface area contributed by atoms with E-state index in [1.54, 1.807) is 0 Å². The van der Waals surface area contributed by atoms with Gasteiger partial charge >= 0.3 is 5.69 Å². The van der Waals surface area contributed by atoms with E-state index in [1.165, 1.54) is 32.4 Å². The molecule has 2 heterocycles. The van der Waals surface area contributed by atoms with Gasteiger partial charge in [-0.25, -0.2) is 4.79 Å². The van der Waals surface area contributed by atoms with Gasteiger partial charge in [0.2, 0.25) is 5.75 Å². The van der Waals surface area contributed by atoms with Crippen LogP contribution in [0.15, 0.2) is 40.1 Å². The Morgan fingerprint density at radius 1 is 1.19 bits per heavy atom. The van der Waals surface area contributed by atoms with Crippen LogP contribution >= 0.6 is 0 Å². The maximum atomic E-state index is 12.4. The first kappa shape index (κ1) is 23.2. The van der Waals surface area contributed by atoms with Gasteiger partial charge < -0.3 is 34.6 Å². The van der Waals surface area contributed by atoms with Crippen LogP contribution in [0.25, 0.3) is 6.08 Å². The van der Waals surface area contributed by atoms with E-state index in [9.17, 15) is 34.8 Å². The monoisotopic (exact) mass is 450 g/mol. The topological polar surface area (TPSA) is 181 Å². The van der Waals surface area contributed by atoms with E-state index < -0.39 is 47.7 Å². The lowest BCUT2D eigenvalue weighted by atomic mass is 10.0. The molecule has 0 spiro atoms. The van der Waals surface area contributed by atoms with Crippen molar-refractivity contribution in [3.8, 4) is 17.2 Å². The summed E-state index contributed by atoms with van der Waals surface area (Å²) in [5, 5.41) is 40.8. The van der Waals surface area contributed by atoms with Crippen molar-refractivity contribution in [3.05, 3.63) is 56.9 Å². The highest BCUT2D eigenvalue weighted by atomic mass is 16.6. The smallest absolute Gasteiger partial charge is 0.330 e. The van der Waals surface area contributed by atoms with Crippen LogP contribution in [-0.4, -0.2) is 74.4 Å². The number of carbonyl (C=O) groups excluding carboxylic acids is 1. The summed E-state index contributed by atoms with van der Waals surface area (Å²) < 4.78 is 16.3. The largest absolute Gasteiger partial charge is 0.502 e. The number of nitrogens with zero attached hydrogens (tertiary/aromatic N) is 1. The predicted octanol–water partition coefficient (Wildman–Crippen LogP) is -1.48. The summed E-state index contributed by atoms with van der Waals surface area (Å²) in [5.74, 6) is -0.882. The number of nitrogens with one attached hydrogen (secondary N) is 1. The van der Waals surface area contributed by atoms with Gasteiger partial charge in [0.25, 0.3) is 5.56 Å².